The van der Waals surface area contributed by atoms with E-state index in [2.05, 4.69) is 20.8 Å². The Labute approximate surface area is 52.5 Å². The van der Waals surface area contributed by atoms with Crippen LogP contribution in [0.4, 0.5) is 0 Å². The molecule has 0 unspecified atom stereocenters. The summed E-state index contributed by atoms with van der Waals surface area (Å²) in [6, 6.07) is 0. The minimum absolute atomic E-state index is 0. The van der Waals surface area contributed by atoms with E-state index in [4.69, 9.17) is 0 Å². The molecule has 2 heteroatoms. The Bertz CT molecular complexity index is 28.0. The van der Waals surface area contributed by atoms with Crippen LogP contribution in [0.5, 0.6) is 0 Å². The maximum absolute atomic E-state index is 2.22. The van der Waals surface area contributed by atoms with Gasteiger partial charge in [0.05, 0.1) is 19.6 Å². The molecule has 0 bridgehead atoms. The number of nitrogens with one attached hydrogen (secondary N) is 1. The summed E-state index contributed by atoms with van der Waals surface area (Å²) in [6.45, 7) is 10.5. The van der Waals surface area contributed by atoms with Gasteiger partial charge in [-0.05, 0) is 20.8 Å². The van der Waals surface area contributed by atoms with Gasteiger partial charge in [-0.25, -0.2) is 0 Å². The van der Waals surface area contributed by atoms with Gasteiger partial charge in [-0.2, -0.15) is 0 Å². The quantitative estimate of drug-likeness (QED) is 0.565. The lowest BCUT2D eigenvalue weighted by Crippen LogP contribution is -3.11. The molecule has 0 saturated carbocycles. The second-order valence-electron chi connectivity index (χ2n) is 1.81. The van der Waals surface area contributed by atoms with Crippen molar-refractivity contribution >= 4 is 0 Å². The van der Waals surface area contributed by atoms with Gasteiger partial charge < -0.3 is 11.1 Å². The lowest BCUT2D eigenvalue weighted by molar-refractivity contribution is -0.894. The first-order chi connectivity index (χ1) is 3.35. The average molecular weight is 118 g/mol. The zero-order valence-corrected chi connectivity index (χ0v) is 6.20. The van der Waals surface area contributed by atoms with E-state index in [1.165, 1.54) is 19.6 Å². The number of nitrogens with two attached hydrogens (primary N) is 1. The maximum Gasteiger partial charge on any atom is 0.0742 e. The van der Waals surface area contributed by atoms with E-state index in [1.807, 2.05) is 0 Å². The van der Waals surface area contributed by atoms with Gasteiger partial charge in [0.1, 0.15) is 0 Å². The number of quaternary nitrogens is 1. The summed E-state index contributed by atoms with van der Waals surface area (Å²) in [5, 5.41) is 0. The summed E-state index contributed by atoms with van der Waals surface area (Å²) in [7, 11) is 0. The van der Waals surface area contributed by atoms with E-state index >= 15 is 0 Å². The lowest BCUT2D eigenvalue weighted by Gasteiger charge is -2.10. The van der Waals surface area contributed by atoms with Crippen LogP contribution in [0.1, 0.15) is 20.8 Å². The van der Waals surface area contributed by atoms with Crippen LogP contribution in [-0.4, -0.2) is 19.6 Å². The van der Waals surface area contributed by atoms with Gasteiger partial charge in [0.25, 0.3) is 0 Å². The van der Waals surface area contributed by atoms with Crippen molar-refractivity contribution in [1.82, 2.24) is 0 Å². The van der Waals surface area contributed by atoms with E-state index in [9.17, 15) is 0 Å². The normalized spacial score (nSPS) is 9.00. The zero-order valence-electron chi connectivity index (χ0n) is 6.20. The van der Waals surface area contributed by atoms with Crippen LogP contribution in [0.3, 0.4) is 0 Å². The molecule has 0 aliphatic carbocycles. The third-order valence-electron chi connectivity index (χ3n) is 1.50. The highest BCUT2D eigenvalue weighted by Gasteiger charge is 1.92. The molecule has 0 heterocycles. The fourth-order valence-electron chi connectivity index (χ4n) is 0.750. The van der Waals surface area contributed by atoms with Crippen LogP contribution < -0.4 is 4.90 Å². The first-order valence-corrected chi connectivity index (χ1v) is 3.18. The number of rotatable bonds is 3. The van der Waals surface area contributed by atoms with Crippen LogP contribution in [0.2, 0.25) is 0 Å². The third-order valence-corrected chi connectivity index (χ3v) is 1.50. The number of hydrogen-bond acceptors (Lipinski definition) is 0. The molecule has 0 aromatic rings. The highest BCUT2D eigenvalue weighted by atomic mass is 15.1. The predicted molar refractivity (Wildman–Crippen MR) is 37.9 cm³/mol. The maximum atomic E-state index is 2.22. The van der Waals surface area contributed by atoms with Gasteiger partial charge in [-0.15, -0.1) is 0 Å². The van der Waals surface area contributed by atoms with E-state index in [1.54, 1.807) is 4.90 Å². The van der Waals surface area contributed by atoms with Gasteiger partial charge in [0.2, 0.25) is 0 Å². The van der Waals surface area contributed by atoms with Crippen LogP contribution >= 0.6 is 0 Å². The van der Waals surface area contributed by atoms with E-state index in [-0.39, 0.29) is 6.15 Å². The molecule has 2 nitrogen and oxygen atoms in total. The van der Waals surface area contributed by atoms with Crippen LogP contribution in [-0.2, 0) is 0 Å². The van der Waals surface area contributed by atoms with Crippen LogP contribution in [0, 0.1) is 0 Å². The molecule has 0 atom stereocenters. The molecule has 0 aromatic carbocycles. The molecule has 0 radical (unpaired) electrons. The second kappa shape index (κ2) is 6.92. The van der Waals surface area contributed by atoms with Gasteiger partial charge in [0, 0.05) is 0 Å². The molecule has 0 amide bonds. The summed E-state index contributed by atoms with van der Waals surface area (Å²) in [5.41, 5.74) is 0. The molecule has 3 N–H and O–H groups in total. The van der Waals surface area contributed by atoms with Gasteiger partial charge >= 0.3 is 0 Å². The summed E-state index contributed by atoms with van der Waals surface area (Å²) >= 11 is 0. The Morgan fingerprint density at radius 1 is 0.875 bits per heavy atom. The lowest BCUT2D eigenvalue weighted by atomic mass is 10.5. The highest BCUT2D eigenvalue weighted by molar-refractivity contribution is 4.11. The fourth-order valence-corrected chi connectivity index (χ4v) is 0.750. The van der Waals surface area contributed by atoms with Crippen molar-refractivity contribution in [3.05, 3.63) is 6.15 Å². The van der Waals surface area contributed by atoms with Crippen molar-refractivity contribution in [3.63, 3.8) is 0 Å². The topological polar surface area (TPSA) is 37.9 Å². The molecule has 0 fully saturated rings. The smallest absolute Gasteiger partial charge is 0.0742 e. The van der Waals surface area contributed by atoms with Crippen LogP contribution in [0.15, 0.2) is 0 Å². The standard InChI is InChI=1S/C6H15N.H2N/c1-4-7(5-2)6-3;/h4-6H2,1-3H3;1H2/q;-1/p+1. The van der Waals surface area contributed by atoms with Gasteiger partial charge in [-0.1, -0.05) is 0 Å². The molecule has 8 heavy (non-hydrogen) atoms. The van der Waals surface area contributed by atoms with Crippen molar-refractivity contribution in [3.8, 4) is 0 Å². The molecule has 52 valence electrons. The highest BCUT2D eigenvalue weighted by Crippen LogP contribution is 1.45. The van der Waals surface area contributed by atoms with Crippen LogP contribution in [0.25, 0.3) is 6.15 Å². The van der Waals surface area contributed by atoms with Crippen molar-refractivity contribution in [2.45, 2.75) is 20.8 Å². The van der Waals surface area contributed by atoms with Gasteiger partial charge in [0.15, 0.2) is 0 Å². The number of hydrogen-bond donors (Lipinski definition) is 1. The second-order valence-corrected chi connectivity index (χ2v) is 1.81. The third kappa shape index (κ3) is 4.09. The Hall–Kier alpha value is -0.0800. The minimum Gasteiger partial charge on any atom is -0.693 e. The molecule has 0 aliphatic rings. The Kier molecular flexibility index (Phi) is 9.36. The Balaban J connectivity index is 0. The molecule has 0 rings (SSSR count). The molecule has 0 aliphatic heterocycles. The Morgan fingerprint density at radius 3 is 1.12 bits per heavy atom. The summed E-state index contributed by atoms with van der Waals surface area (Å²) in [6.07, 6.45) is 0. The fraction of sp³-hybridized carbons (Fsp3) is 1.00. The van der Waals surface area contributed by atoms with Crippen molar-refractivity contribution in [2.75, 3.05) is 19.6 Å². The average Bonchev–Trinajstić information content (AvgIpc) is 1.72. The monoisotopic (exact) mass is 118 g/mol. The first kappa shape index (κ1) is 10.8. The molecule has 0 saturated heterocycles. The van der Waals surface area contributed by atoms with Crippen molar-refractivity contribution < 1.29 is 4.90 Å². The molecule has 0 aromatic heterocycles. The van der Waals surface area contributed by atoms with Crippen molar-refractivity contribution in [2.24, 2.45) is 0 Å². The summed E-state index contributed by atoms with van der Waals surface area (Å²) < 4.78 is 0. The minimum atomic E-state index is 0. The molecular weight excluding hydrogens is 100 g/mol. The summed E-state index contributed by atoms with van der Waals surface area (Å²) in [5.74, 6) is 0. The van der Waals surface area contributed by atoms with Gasteiger partial charge in [-0.3, -0.25) is 0 Å². The van der Waals surface area contributed by atoms with E-state index in [0.717, 1.165) is 0 Å². The predicted octanol–water partition coefficient (Wildman–Crippen LogP) is 0.648. The van der Waals surface area contributed by atoms with Crippen molar-refractivity contribution in [1.29, 1.82) is 0 Å². The Morgan fingerprint density at radius 2 is 1.12 bits per heavy atom. The SMILES string of the molecule is CC[NH+](CC)CC.[NH2-]. The van der Waals surface area contributed by atoms with E-state index in [0.29, 0.717) is 0 Å². The van der Waals surface area contributed by atoms with E-state index < -0.39 is 0 Å². The summed E-state index contributed by atoms with van der Waals surface area (Å²) in [4.78, 5) is 1.68. The molecular formula is C6H18N2. The largest absolute Gasteiger partial charge is 0.693 e. The molecule has 0 spiro atoms. The zero-order chi connectivity index (χ0) is 5.70. The first-order valence-electron chi connectivity index (χ1n) is 3.18.